The Balaban J connectivity index is 1.58. The van der Waals surface area contributed by atoms with E-state index in [-0.39, 0.29) is 5.91 Å². The van der Waals surface area contributed by atoms with E-state index in [4.69, 9.17) is 0 Å². The Morgan fingerprint density at radius 3 is 2.73 bits per heavy atom. The molecule has 22 heavy (non-hydrogen) atoms. The Bertz CT molecular complexity index is 738. The second-order valence-electron chi connectivity index (χ2n) is 4.88. The van der Waals surface area contributed by atoms with Crippen LogP contribution < -0.4 is 5.32 Å². The third-order valence-electron chi connectivity index (χ3n) is 3.29. The van der Waals surface area contributed by atoms with E-state index in [1.807, 2.05) is 42.5 Å². The molecule has 0 aliphatic rings. The second-order valence-corrected chi connectivity index (χ2v) is 4.88. The highest BCUT2D eigenvalue weighted by Gasteiger charge is 2.08. The molecule has 0 unspecified atom stereocenters. The van der Waals surface area contributed by atoms with Gasteiger partial charge in [-0.05, 0) is 30.2 Å². The molecular formula is C17H16N4O. The third-order valence-corrected chi connectivity index (χ3v) is 3.29. The fourth-order valence-corrected chi connectivity index (χ4v) is 2.13. The summed E-state index contributed by atoms with van der Waals surface area (Å²) in [5.41, 5.74) is 2.58. The number of hydrogen-bond acceptors (Lipinski definition) is 3. The van der Waals surface area contributed by atoms with Crippen molar-refractivity contribution < 1.29 is 4.79 Å². The van der Waals surface area contributed by atoms with Crippen LogP contribution in [-0.2, 0) is 6.42 Å². The molecule has 0 saturated carbocycles. The summed E-state index contributed by atoms with van der Waals surface area (Å²) in [4.78, 5) is 16.2. The van der Waals surface area contributed by atoms with Gasteiger partial charge in [-0.15, -0.1) is 0 Å². The molecule has 0 bridgehead atoms. The summed E-state index contributed by atoms with van der Waals surface area (Å²) >= 11 is 0. The number of carbonyl (C=O) groups excluding carboxylic acids is 1. The highest BCUT2D eigenvalue weighted by atomic mass is 16.1. The van der Waals surface area contributed by atoms with Crippen LogP contribution in [0.25, 0.3) is 5.69 Å². The zero-order valence-corrected chi connectivity index (χ0v) is 12.0. The lowest BCUT2D eigenvalue weighted by atomic mass is 10.2. The lowest BCUT2D eigenvalue weighted by Crippen LogP contribution is -2.25. The smallest absolute Gasteiger partial charge is 0.254 e. The van der Waals surface area contributed by atoms with Gasteiger partial charge < -0.3 is 5.32 Å². The van der Waals surface area contributed by atoms with Crippen molar-refractivity contribution in [3.05, 3.63) is 78.4 Å². The minimum absolute atomic E-state index is 0.119. The summed E-state index contributed by atoms with van der Waals surface area (Å²) in [6.07, 6.45) is 7.60. The molecule has 0 fully saturated rings. The molecule has 2 aromatic heterocycles. The van der Waals surface area contributed by atoms with Gasteiger partial charge in [-0.3, -0.25) is 9.78 Å². The Morgan fingerprint density at radius 2 is 1.95 bits per heavy atom. The molecule has 0 aliphatic heterocycles. The number of carbonyl (C=O) groups is 1. The summed E-state index contributed by atoms with van der Waals surface area (Å²) in [5, 5.41) is 7.11. The van der Waals surface area contributed by atoms with Crippen molar-refractivity contribution in [3.8, 4) is 5.69 Å². The molecule has 5 heteroatoms. The molecule has 3 aromatic rings. The molecule has 0 radical (unpaired) electrons. The van der Waals surface area contributed by atoms with E-state index in [0.717, 1.165) is 17.7 Å². The van der Waals surface area contributed by atoms with Crippen molar-refractivity contribution in [3.63, 3.8) is 0 Å². The first kappa shape index (κ1) is 14.0. The van der Waals surface area contributed by atoms with Gasteiger partial charge in [0.2, 0.25) is 0 Å². The zero-order chi connectivity index (χ0) is 15.2. The Morgan fingerprint density at radius 1 is 1.09 bits per heavy atom. The van der Waals surface area contributed by atoms with Crippen molar-refractivity contribution >= 4 is 5.91 Å². The van der Waals surface area contributed by atoms with Crippen molar-refractivity contribution in [2.24, 2.45) is 0 Å². The SMILES string of the molecule is O=C(NCCc1cccnc1)c1cnn(-c2ccccc2)c1. The van der Waals surface area contributed by atoms with Crippen molar-refractivity contribution in [1.82, 2.24) is 20.1 Å². The van der Waals surface area contributed by atoms with Crippen LogP contribution in [0.15, 0.2) is 67.3 Å². The topological polar surface area (TPSA) is 59.8 Å². The molecule has 0 aliphatic carbocycles. The number of benzene rings is 1. The van der Waals surface area contributed by atoms with Gasteiger partial charge in [0, 0.05) is 25.1 Å². The summed E-state index contributed by atoms with van der Waals surface area (Å²) in [5.74, 6) is -0.119. The van der Waals surface area contributed by atoms with Crippen molar-refractivity contribution in [2.45, 2.75) is 6.42 Å². The molecule has 1 aromatic carbocycles. The van der Waals surface area contributed by atoms with Gasteiger partial charge in [0.15, 0.2) is 0 Å². The van der Waals surface area contributed by atoms with Gasteiger partial charge in [0.1, 0.15) is 0 Å². The van der Waals surface area contributed by atoms with E-state index < -0.39 is 0 Å². The van der Waals surface area contributed by atoms with Gasteiger partial charge in [-0.1, -0.05) is 24.3 Å². The van der Waals surface area contributed by atoms with Gasteiger partial charge in [-0.2, -0.15) is 5.10 Å². The Hall–Kier alpha value is -2.95. The van der Waals surface area contributed by atoms with Crippen molar-refractivity contribution in [1.29, 1.82) is 0 Å². The standard InChI is InChI=1S/C17H16N4O/c22-17(19-10-8-14-5-4-9-18-11-14)15-12-20-21(13-15)16-6-2-1-3-7-16/h1-7,9,11-13H,8,10H2,(H,19,22). The van der Waals surface area contributed by atoms with Gasteiger partial charge in [-0.25, -0.2) is 4.68 Å². The average molecular weight is 292 g/mol. The van der Waals surface area contributed by atoms with Crippen LogP contribution in [0, 0.1) is 0 Å². The zero-order valence-electron chi connectivity index (χ0n) is 12.0. The van der Waals surface area contributed by atoms with Crippen LogP contribution in [0.2, 0.25) is 0 Å². The molecule has 0 saturated heterocycles. The number of para-hydroxylation sites is 1. The van der Waals surface area contributed by atoms with Crippen LogP contribution in [0.5, 0.6) is 0 Å². The monoisotopic (exact) mass is 292 g/mol. The molecule has 5 nitrogen and oxygen atoms in total. The quantitative estimate of drug-likeness (QED) is 0.784. The number of nitrogens with one attached hydrogen (secondary N) is 1. The Kier molecular flexibility index (Phi) is 4.25. The van der Waals surface area contributed by atoms with Crippen LogP contribution in [0.1, 0.15) is 15.9 Å². The minimum Gasteiger partial charge on any atom is -0.352 e. The number of rotatable bonds is 5. The minimum atomic E-state index is -0.119. The number of hydrogen-bond donors (Lipinski definition) is 1. The first-order valence-electron chi connectivity index (χ1n) is 7.10. The van der Waals surface area contributed by atoms with Crippen LogP contribution in [0.4, 0.5) is 0 Å². The van der Waals surface area contributed by atoms with E-state index in [2.05, 4.69) is 15.4 Å². The maximum atomic E-state index is 12.1. The van der Waals surface area contributed by atoms with Gasteiger partial charge >= 0.3 is 0 Å². The van der Waals surface area contributed by atoms with Crippen LogP contribution >= 0.6 is 0 Å². The summed E-state index contributed by atoms with van der Waals surface area (Å²) < 4.78 is 1.69. The molecule has 2 heterocycles. The maximum absolute atomic E-state index is 12.1. The fourth-order valence-electron chi connectivity index (χ4n) is 2.13. The average Bonchev–Trinajstić information content (AvgIpc) is 3.07. The predicted molar refractivity (Wildman–Crippen MR) is 83.8 cm³/mol. The lowest BCUT2D eigenvalue weighted by molar-refractivity contribution is 0.0954. The van der Waals surface area contributed by atoms with E-state index in [9.17, 15) is 4.79 Å². The highest BCUT2D eigenvalue weighted by molar-refractivity contribution is 5.93. The van der Waals surface area contributed by atoms with Crippen LogP contribution in [0.3, 0.4) is 0 Å². The van der Waals surface area contributed by atoms with Gasteiger partial charge in [0.25, 0.3) is 5.91 Å². The lowest BCUT2D eigenvalue weighted by Gasteiger charge is -2.03. The van der Waals surface area contributed by atoms with Crippen LogP contribution in [-0.4, -0.2) is 27.2 Å². The molecule has 1 N–H and O–H groups in total. The molecule has 0 atom stereocenters. The predicted octanol–water partition coefficient (Wildman–Crippen LogP) is 2.24. The number of nitrogens with zero attached hydrogens (tertiary/aromatic N) is 3. The normalized spacial score (nSPS) is 10.4. The molecule has 110 valence electrons. The maximum Gasteiger partial charge on any atom is 0.254 e. The van der Waals surface area contributed by atoms with Crippen molar-refractivity contribution in [2.75, 3.05) is 6.54 Å². The molecule has 0 spiro atoms. The first-order valence-corrected chi connectivity index (χ1v) is 7.10. The largest absolute Gasteiger partial charge is 0.352 e. The summed E-state index contributed by atoms with van der Waals surface area (Å²) in [6.45, 7) is 0.570. The highest BCUT2D eigenvalue weighted by Crippen LogP contribution is 2.07. The number of amides is 1. The summed E-state index contributed by atoms with van der Waals surface area (Å²) in [7, 11) is 0. The fraction of sp³-hybridized carbons (Fsp3) is 0.118. The first-order chi connectivity index (χ1) is 10.8. The second kappa shape index (κ2) is 6.67. The van der Waals surface area contributed by atoms with E-state index >= 15 is 0 Å². The summed E-state index contributed by atoms with van der Waals surface area (Å²) in [6, 6.07) is 13.6. The van der Waals surface area contributed by atoms with E-state index in [1.54, 1.807) is 29.5 Å². The molecule has 3 rings (SSSR count). The van der Waals surface area contributed by atoms with Gasteiger partial charge in [0.05, 0.1) is 17.4 Å². The number of aromatic nitrogens is 3. The third kappa shape index (κ3) is 3.38. The van der Waals surface area contributed by atoms with E-state index in [0.29, 0.717) is 12.1 Å². The van der Waals surface area contributed by atoms with E-state index in [1.165, 1.54) is 0 Å². The molecular weight excluding hydrogens is 276 g/mol. The molecule has 1 amide bonds. The number of pyridine rings is 1. The Labute approximate surface area is 128 Å².